The molecule has 0 N–H and O–H groups in total. The average Bonchev–Trinajstić information content (AvgIpc) is 2.87. The Morgan fingerprint density at radius 3 is 1.89 bits per heavy atom. The Labute approximate surface area is 216 Å². The van der Waals surface area contributed by atoms with Gasteiger partial charge in [-0.05, 0) is 119 Å². The summed E-state index contributed by atoms with van der Waals surface area (Å²) in [6, 6.07) is 2.46. The van der Waals surface area contributed by atoms with Crippen LogP contribution in [-0.4, -0.2) is 12.7 Å². The molecule has 3 saturated carbocycles. The van der Waals surface area contributed by atoms with Crippen LogP contribution >= 0.6 is 0 Å². The second-order valence-electron chi connectivity index (χ2n) is 11.8. The molecule has 0 radical (unpaired) electrons. The van der Waals surface area contributed by atoms with Crippen LogP contribution in [0.1, 0.15) is 96.5 Å². The van der Waals surface area contributed by atoms with Gasteiger partial charge in [-0.15, -0.1) is 0 Å². The van der Waals surface area contributed by atoms with E-state index in [-0.39, 0.29) is 11.5 Å². The standard InChI is InChI=1S/C31H45F3O2/c1-4-35-30-19-22(3)29(20-28(30)32)36-31(33,34)27-17-15-26(16-18-27)25-13-11-24(12-14-25)10-9-23-7-5-21(2)6-8-23/h9-10,19-21,23-27H,4-8,11-18H2,1-3H3/b10-9+. The number of benzene rings is 1. The van der Waals surface area contributed by atoms with E-state index in [1.54, 1.807) is 13.8 Å². The predicted molar refractivity (Wildman–Crippen MR) is 139 cm³/mol. The van der Waals surface area contributed by atoms with Gasteiger partial charge >= 0.3 is 6.11 Å². The minimum atomic E-state index is -3.30. The van der Waals surface area contributed by atoms with Crippen LogP contribution in [0.4, 0.5) is 13.2 Å². The first-order chi connectivity index (χ1) is 17.2. The fourth-order valence-corrected chi connectivity index (χ4v) is 6.77. The van der Waals surface area contributed by atoms with Crippen molar-refractivity contribution >= 4 is 0 Å². The Morgan fingerprint density at radius 1 is 0.806 bits per heavy atom. The lowest BCUT2D eigenvalue weighted by Gasteiger charge is -2.39. The van der Waals surface area contributed by atoms with Gasteiger partial charge in [0.05, 0.1) is 12.5 Å². The molecule has 0 unspecified atom stereocenters. The van der Waals surface area contributed by atoms with E-state index in [2.05, 4.69) is 19.1 Å². The van der Waals surface area contributed by atoms with Crippen LogP contribution in [0, 0.1) is 48.2 Å². The van der Waals surface area contributed by atoms with Gasteiger partial charge in [-0.1, -0.05) is 31.9 Å². The molecule has 3 aliphatic rings. The summed E-state index contributed by atoms with van der Waals surface area (Å²) in [7, 11) is 0. The summed E-state index contributed by atoms with van der Waals surface area (Å²) in [4.78, 5) is 0. The maximum absolute atomic E-state index is 15.1. The van der Waals surface area contributed by atoms with Crippen molar-refractivity contribution < 1.29 is 22.6 Å². The third-order valence-corrected chi connectivity index (χ3v) is 9.22. The number of rotatable bonds is 8. The van der Waals surface area contributed by atoms with Crippen LogP contribution in [-0.2, 0) is 0 Å². The summed E-state index contributed by atoms with van der Waals surface area (Å²) in [5.74, 6) is 2.07. The zero-order valence-corrected chi connectivity index (χ0v) is 22.4. The highest BCUT2D eigenvalue weighted by atomic mass is 19.3. The molecule has 2 nitrogen and oxygen atoms in total. The Hall–Kier alpha value is -1.65. The van der Waals surface area contributed by atoms with Crippen molar-refractivity contribution in [1.29, 1.82) is 0 Å². The van der Waals surface area contributed by atoms with Gasteiger partial charge in [-0.3, -0.25) is 0 Å². The summed E-state index contributed by atoms with van der Waals surface area (Å²) in [6.07, 6.45) is 14.7. The van der Waals surface area contributed by atoms with Crippen LogP contribution in [0.2, 0.25) is 0 Å². The lowest BCUT2D eigenvalue weighted by molar-refractivity contribution is -0.224. The van der Waals surface area contributed by atoms with E-state index in [4.69, 9.17) is 9.47 Å². The van der Waals surface area contributed by atoms with Crippen LogP contribution in [0.25, 0.3) is 0 Å². The van der Waals surface area contributed by atoms with Gasteiger partial charge in [0.2, 0.25) is 0 Å². The molecule has 36 heavy (non-hydrogen) atoms. The molecule has 1 aromatic carbocycles. The van der Waals surface area contributed by atoms with E-state index in [1.807, 2.05) is 0 Å². The first-order valence-electron chi connectivity index (χ1n) is 14.4. The first kappa shape index (κ1) is 27.4. The van der Waals surface area contributed by atoms with E-state index in [0.717, 1.165) is 30.7 Å². The summed E-state index contributed by atoms with van der Waals surface area (Å²) < 4.78 is 54.7. The lowest BCUT2D eigenvalue weighted by Crippen LogP contribution is -2.38. The molecule has 3 fully saturated rings. The summed E-state index contributed by atoms with van der Waals surface area (Å²) in [5.41, 5.74) is 0.456. The van der Waals surface area contributed by atoms with Crippen molar-refractivity contribution in [2.45, 2.75) is 104 Å². The van der Waals surface area contributed by atoms with E-state index in [1.165, 1.54) is 57.4 Å². The van der Waals surface area contributed by atoms with Crippen molar-refractivity contribution in [3.05, 3.63) is 35.7 Å². The van der Waals surface area contributed by atoms with Crippen LogP contribution in [0.5, 0.6) is 11.5 Å². The fraction of sp³-hybridized carbons (Fsp3) is 0.742. The molecule has 0 bridgehead atoms. The maximum atomic E-state index is 15.1. The number of alkyl halides is 2. The molecule has 4 rings (SSSR count). The minimum Gasteiger partial charge on any atom is -0.491 e. The average molecular weight is 507 g/mol. The minimum absolute atomic E-state index is 0.0695. The van der Waals surface area contributed by atoms with Crippen molar-refractivity contribution in [2.24, 2.45) is 35.5 Å². The zero-order valence-electron chi connectivity index (χ0n) is 22.4. The van der Waals surface area contributed by atoms with E-state index < -0.39 is 17.8 Å². The molecule has 0 saturated heterocycles. The van der Waals surface area contributed by atoms with Crippen LogP contribution in [0.15, 0.2) is 24.3 Å². The van der Waals surface area contributed by atoms with Crippen molar-refractivity contribution in [2.75, 3.05) is 6.61 Å². The van der Waals surface area contributed by atoms with E-state index in [0.29, 0.717) is 42.8 Å². The molecular weight excluding hydrogens is 461 g/mol. The smallest absolute Gasteiger partial charge is 0.400 e. The molecule has 0 aliphatic heterocycles. The lowest BCUT2D eigenvalue weighted by atomic mass is 9.69. The number of ether oxygens (including phenoxy) is 2. The Bertz CT molecular complexity index is 859. The van der Waals surface area contributed by atoms with E-state index >= 15 is 8.78 Å². The second kappa shape index (κ2) is 12.3. The monoisotopic (exact) mass is 506 g/mol. The van der Waals surface area contributed by atoms with Gasteiger partial charge in [-0.25, -0.2) is 4.39 Å². The summed E-state index contributed by atoms with van der Waals surface area (Å²) in [5, 5.41) is 0. The van der Waals surface area contributed by atoms with Crippen molar-refractivity contribution in [3.63, 3.8) is 0 Å². The Morgan fingerprint density at radius 2 is 1.33 bits per heavy atom. The number of aryl methyl sites for hydroxylation is 1. The molecule has 202 valence electrons. The van der Waals surface area contributed by atoms with Crippen LogP contribution in [0.3, 0.4) is 0 Å². The summed E-state index contributed by atoms with van der Waals surface area (Å²) >= 11 is 0. The Kier molecular flexibility index (Phi) is 9.33. The maximum Gasteiger partial charge on any atom is 0.400 e. The van der Waals surface area contributed by atoms with Crippen molar-refractivity contribution in [3.8, 4) is 11.5 Å². The van der Waals surface area contributed by atoms with Gasteiger partial charge in [0.25, 0.3) is 0 Å². The molecule has 0 aromatic heterocycles. The molecule has 0 heterocycles. The number of halogens is 3. The highest BCUT2D eigenvalue weighted by Gasteiger charge is 2.45. The number of hydrogen-bond acceptors (Lipinski definition) is 2. The van der Waals surface area contributed by atoms with Gasteiger partial charge < -0.3 is 9.47 Å². The molecule has 1 aromatic rings. The molecule has 5 heteroatoms. The second-order valence-corrected chi connectivity index (χ2v) is 11.8. The largest absolute Gasteiger partial charge is 0.491 e. The number of allylic oxidation sites excluding steroid dienone is 2. The predicted octanol–water partition coefficient (Wildman–Crippen LogP) is 9.50. The molecular formula is C31H45F3O2. The van der Waals surface area contributed by atoms with Crippen LogP contribution < -0.4 is 9.47 Å². The van der Waals surface area contributed by atoms with Gasteiger partial charge in [0.15, 0.2) is 11.6 Å². The molecule has 0 atom stereocenters. The van der Waals surface area contributed by atoms with Gasteiger partial charge in [0.1, 0.15) is 5.75 Å². The SMILES string of the molecule is CCOc1cc(C)c(OC(F)(F)C2CCC(C3CCC(/C=C/C4CCC(C)CC4)CC3)CC2)cc1F. The van der Waals surface area contributed by atoms with Gasteiger partial charge in [-0.2, -0.15) is 8.78 Å². The fourth-order valence-electron chi connectivity index (χ4n) is 6.77. The molecule has 0 amide bonds. The zero-order chi connectivity index (χ0) is 25.7. The topological polar surface area (TPSA) is 18.5 Å². The Balaban J connectivity index is 1.23. The van der Waals surface area contributed by atoms with E-state index in [9.17, 15) is 4.39 Å². The number of hydrogen-bond donors (Lipinski definition) is 0. The third kappa shape index (κ3) is 7.01. The molecule has 3 aliphatic carbocycles. The highest BCUT2D eigenvalue weighted by molar-refractivity contribution is 5.40. The third-order valence-electron chi connectivity index (χ3n) is 9.22. The quantitative estimate of drug-likeness (QED) is 0.327. The summed E-state index contributed by atoms with van der Waals surface area (Å²) in [6.45, 7) is 6.08. The normalized spacial score (nSPS) is 31.9. The first-order valence-corrected chi connectivity index (χ1v) is 14.4. The highest BCUT2D eigenvalue weighted by Crippen LogP contribution is 2.46. The van der Waals surface area contributed by atoms with Gasteiger partial charge in [0, 0.05) is 6.07 Å². The van der Waals surface area contributed by atoms with Crippen molar-refractivity contribution in [1.82, 2.24) is 0 Å². The molecule has 0 spiro atoms.